The Labute approximate surface area is 104 Å². The van der Waals surface area contributed by atoms with Crippen molar-refractivity contribution in [3.8, 4) is 0 Å². The molecule has 4 nitrogen and oxygen atoms in total. The minimum atomic E-state index is 0.0399. The Kier molecular flexibility index (Phi) is 5.94. The monoisotopic (exact) mass is 237 g/mol. The molecule has 1 atom stereocenters. The molecule has 0 aromatic carbocycles. The molecule has 0 radical (unpaired) electrons. The minimum Gasteiger partial charge on any atom is -0.383 e. The fourth-order valence-corrected chi connectivity index (χ4v) is 1.68. The first-order chi connectivity index (χ1) is 8.22. The lowest BCUT2D eigenvalue weighted by atomic mass is 10.1. The Morgan fingerprint density at radius 2 is 2.18 bits per heavy atom. The number of hydrogen-bond acceptors (Lipinski definition) is 4. The van der Waals surface area contributed by atoms with Gasteiger partial charge < -0.3 is 15.4 Å². The average molecular weight is 237 g/mol. The highest BCUT2D eigenvalue weighted by molar-refractivity contribution is 5.44. The van der Waals surface area contributed by atoms with Gasteiger partial charge in [-0.25, -0.2) is 0 Å². The van der Waals surface area contributed by atoms with E-state index in [-0.39, 0.29) is 6.04 Å². The van der Waals surface area contributed by atoms with Crippen LogP contribution in [0, 0.1) is 0 Å². The summed E-state index contributed by atoms with van der Waals surface area (Å²) in [5.74, 6) is 0. The van der Waals surface area contributed by atoms with Gasteiger partial charge in [0.1, 0.15) is 0 Å². The summed E-state index contributed by atoms with van der Waals surface area (Å²) in [5.41, 5.74) is 8.02. The second-order valence-electron chi connectivity index (χ2n) is 4.03. The van der Waals surface area contributed by atoms with Crippen molar-refractivity contribution < 1.29 is 4.74 Å². The highest BCUT2D eigenvalue weighted by Gasteiger charge is 2.07. The molecule has 0 amide bonds. The van der Waals surface area contributed by atoms with Crippen LogP contribution in [-0.4, -0.2) is 31.8 Å². The van der Waals surface area contributed by atoms with Crippen LogP contribution in [0.1, 0.15) is 32.0 Å². The summed E-state index contributed by atoms with van der Waals surface area (Å²) in [4.78, 5) is 6.65. The van der Waals surface area contributed by atoms with E-state index in [1.54, 1.807) is 7.11 Å². The summed E-state index contributed by atoms with van der Waals surface area (Å²) in [6.45, 7) is 6.75. The van der Waals surface area contributed by atoms with Gasteiger partial charge in [0.15, 0.2) is 0 Å². The maximum Gasteiger partial charge on any atom is 0.0637 e. The molecule has 0 spiro atoms. The van der Waals surface area contributed by atoms with Crippen LogP contribution in [-0.2, 0) is 4.74 Å². The number of ether oxygens (including phenoxy) is 1. The average Bonchev–Trinajstić information content (AvgIpc) is 2.39. The maximum absolute atomic E-state index is 5.94. The van der Waals surface area contributed by atoms with Gasteiger partial charge in [0, 0.05) is 26.2 Å². The number of nitrogens with two attached hydrogens (primary N) is 1. The lowest BCUT2D eigenvalue weighted by molar-refractivity contribution is 0.205. The quantitative estimate of drug-likeness (QED) is 0.787. The normalized spacial score (nSPS) is 12.5. The van der Waals surface area contributed by atoms with E-state index in [2.05, 4.69) is 29.8 Å². The highest BCUT2D eigenvalue weighted by atomic mass is 16.5. The molecule has 0 aliphatic carbocycles. The number of methoxy groups -OCH3 is 1. The molecule has 0 aliphatic heterocycles. The molecule has 0 unspecified atom stereocenters. The Morgan fingerprint density at radius 1 is 1.41 bits per heavy atom. The molecule has 96 valence electrons. The predicted octanol–water partition coefficient (Wildman–Crippen LogP) is 1.96. The third kappa shape index (κ3) is 3.98. The smallest absolute Gasteiger partial charge is 0.0637 e. The van der Waals surface area contributed by atoms with E-state index in [4.69, 9.17) is 10.5 Å². The highest BCUT2D eigenvalue weighted by Crippen LogP contribution is 2.16. The molecule has 0 bridgehead atoms. The lowest BCUT2D eigenvalue weighted by Crippen LogP contribution is -2.27. The maximum atomic E-state index is 5.94. The van der Waals surface area contributed by atoms with Crippen molar-refractivity contribution in [2.24, 2.45) is 5.73 Å². The first-order valence-electron chi connectivity index (χ1n) is 6.18. The molecular weight excluding hydrogens is 214 g/mol. The van der Waals surface area contributed by atoms with Crippen molar-refractivity contribution >= 4 is 5.69 Å². The molecule has 0 saturated carbocycles. The van der Waals surface area contributed by atoms with E-state index in [9.17, 15) is 0 Å². The van der Waals surface area contributed by atoms with Crippen molar-refractivity contribution in [3.05, 3.63) is 24.0 Å². The van der Waals surface area contributed by atoms with E-state index in [1.165, 1.54) is 0 Å². The zero-order valence-electron chi connectivity index (χ0n) is 11.0. The van der Waals surface area contributed by atoms with Crippen LogP contribution in [0.2, 0.25) is 0 Å². The van der Waals surface area contributed by atoms with Crippen LogP contribution >= 0.6 is 0 Å². The third-order valence-corrected chi connectivity index (χ3v) is 2.90. The van der Waals surface area contributed by atoms with Crippen LogP contribution in [0.3, 0.4) is 0 Å². The first-order valence-corrected chi connectivity index (χ1v) is 6.18. The van der Waals surface area contributed by atoms with Crippen LogP contribution in [0.25, 0.3) is 0 Å². The van der Waals surface area contributed by atoms with Gasteiger partial charge in [-0.05, 0) is 25.5 Å². The Hall–Kier alpha value is -1.13. The van der Waals surface area contributed by atoms with Crippen molar-refractivity contribution in [3.63, 3.8) is 0 Å². The van der Waals surface area contributed by atoms with Gasteiger partial charge in [0.2, 0.25) is 0 Å². The summed E-state index contributed by atoms with van der Waals surface area (Å²) in [5, 5.41) is 0. The molecule has 0 fully saturated rings. The van der Waals surface area contributed by atoms with Gasteiger partial charge in [0.05, 0.1) is 24.2 Å². The van der Waals surface area contributed by atoms with Crippen LogP contribution in [0.4, 0.5) is 5.69 Å². The van der Waals surface area contributed by atoms with Crippen molar-refractivity contribution in [2.45, 2.75) is 26.3 Å². The van der Waals surface area contributed by atoms with Crippen molar-refractivity contribution in [1.29, 1.82) is 0 Å². The minimum absolute atomic E-state index is 0.0399. The molecule has 0 aliphatic rings. The fraction of sp³-hybridized carbons (Fsp3) is 0.615. The Morgan fingerprint density at radius 3 is 2.65 bits per heavy atom. The van der Waals surface area contributed by atoms with Gasteiger partial charge in [0.25, 0.3) is 0 Å². The molecule has 1 aromatic rings. The van der Waals surface area contributed by atoms with Crippen LogP contribution in [0.5, 0.6) is 0 Å². The number of rotatable bonds is 7. The molecule has 0 saturated heterocycles. The van der Waals surface area contributed by atoms with E-state index in [0.717, 1.165) is 37.5 Å². The summed E-state index contributed by atoms with van der Waals surface area (Å²) < 4.78 is 5.09. The van der Waals surface area contributed by atoms with Gasteiger partial charge in [-0.3, -0.25) is 4.98 Å². The summed E-state index contributed by atoms with van der Waals surface area (Å²) in [6, 6.07) is 4.13. The predicted molar refractivity (Wildman–Crippen MR) is 71.2 cm³/mol. The Bertz CT molecular complexity index is 313. The topological polar surface area (TPSA) is 51.4 Å². The molecular formula is C13H23N3O. The lowest BCUT2D eigenvalue weighted by Gasteiger charge is -2.22. The first kappa shape index (κ1) is 13.9. The van der Waals surface area contributed by atoms with Gasteiger partial charge >= 0.3 is 0 Å². The van der Waals surface area contributed by atoms with Gasteiger partial charge in [-0.15, -0.1) is 0 Å². The van der Waals surface area contributed by atoms with E-state index in [0.29, 0.717) is 0 Å². The molecule has 1 rings (SSSR count). The summed E-state index contributed by atoms with van der Waals surface area (Å²) in [6.07, 6.45) is 2.80. The molecule has 1 aromatic heterocycles. The standard InChI is InChI=1S/C13H23N3O/c1-4-12(14)13-7-6-11(10-15-13)16(5-2)8-9-17-3/h6-7,10,12H,4-5,8-9,14H2,1-3H3/t12-/m1/s1. The van der Waals surface area contributed by atoms with Crippen molar-refractivity contribution in [1.82, 2.24) is 4.98 Å². The number of hydrogen-bond donors (Lipinski definition) is 1. The van der Waals surface area contributed by atoms with Crippen LogP contribution < -0.4 is 10.6 Å². The summed E-state index contributed by atoms with van der Waals surface area (Å²) in [7, 11) is 1.72. The van der Waals surface area contributed by atoms with Gasteiger partial charge in [-0.2, -0.15) is 0 Å². The second kappa shape index (κ2) is 7.25. The second-order valence-corrected chi connectivity index (χ2v) is 4.03. The number of anilines is 1. The van der Waals surface area contributed by atoms with Crippen LogP contribution in [0.15, 0.2) is 18.3 Å². The van der Waals surface area contributed by atoms with E-state index < -0.39 is 0 Å². The third-order valence-electron chi connectivity index (χ3n) is 2.90. The largest absolute Gasteiger partial charge is 0.383 e. The number of likely N-dealkylation sites (N-methyl/N-ethyl adjacent to an activating group) is 1. The van der Waals surface area contributed by atoms with E-state index >= 15 is 0 Å². The molecule has 17 heavy (non-hydrogen) atoms. The number of pyridine rings is 1. The van der Waals surface area contributed by atoms with Gasteiger partial charge in [-0.1, -0.05) is 6.92 Å². The fourth-order valence-electron chi connectivity index (χ4n) is 1.68. The number of nitrogens with zero attached hydrogens (tertiary/aromatic N) is 2. The molecule has 4 heteroatoms. The zero-order valence-corrected chi connectivity index (χ0v) is 11.0. The Balaban J connectivity index is 2.70. The summed E-state index contributed by atoms with van der Waals surface area (Å²) >= 11 is 0. The molecule has 1 heterocycles. The van der Waals surface area contributed by atoms with Crippen molar-refractivity contribution in [2.75, 3.05) is 31.7 Å². The number of aromatic nitrogens is 1. The molecule has 2 N–H and O–H groups in total. The zero-order chi connectivity index (χ0) is 12.7. The van der Waals surface area contributed by atoms with E-state index in [1.807, 2.05) is 12.3 Å². The SMILES string of the molecule is CC[C@@H](N)c1ccc(N(CC)CCOC)cn1.